The number of benzene rings is 1. The van der Waals surface area contributed by atoms with Crippen molar-refractivity contribution in [2.24, 2.45) is 5.92 Å². The molecule has 1 aromatic carbocycles. The second-order valence-electron chi connectivity index (χ2n) is 7.40. The molecule has 1 unspecified atom stereocenters. The summed E-state index contributed by atoms with van der Waals surface area (Å²) in [6.07, 6.45) is 3.55. The lowest BCUT2D eigenvalue weighted by atomic mass is 9.90. The Labute approximate surface area is 176 Å². The van der Waals surface area contributed by atoms with Gasteiger partial charge in [0.1, 0.15) is 0 Å². The van der Waals surface area contributed by atoms with Gasteiger partial charge in [0.25, 0.3) is 11.1 Å². The first-order valence-electron chi connectivity index (χ1n) is 9.62. The number of aromatic nitrogens is 4. The normalized spacial score (nSPS) is 16.1. The molecule has 8 heteroatoms. The summed E-state index contributed by atoms with van der Waals surface area (Å²) in [5.74, 6) is 2.96. The minimum Gasteiger partial charge on any atom is -0.410 e. The monoisotopic (exact) mass is 424 g/mol. The van der Waals surface area contributed by atoms with Crippen molar-refractivity contribution in [3.05, 3.63) is 52.2 Å². The SMILES string of the molecule is Cc1ccccc1-c1noc(CSc2nnc(-c3cc4c(s3)CCC(C)C4)o2)n1. The number of fused-ring (bicyclic) bond motifs is 1. The molecule has 0 aliphatic heterocycles. The van der Waals surface area contributed by atoms with Gasteiger partial charge in [0.15, 0.2) is 0 Å². The molecule has 29 heavy (non-hydrogen) atoms. The Balaban J connectivity index is 1.26. The van der Waals surface area contributed by atoms with Crippen LogP contribution in [0.3, 0.4) is 0 Å². The maximum absolute atomic E-state index is 5.87. The van der Waals surface area contributed by atoms with E-state index in [1.165, 1.54) is 28.6 Å². The molecule has 4 aromatic rings. The summed E-state index contributed by atoms with van der Waals surface area (Å²) in [5.41, 5.74) is 3.52. The van der Waals surface area contributed by atoms with Gasteiger partial charge in [0.05, 0.1) is 10.6 Å². The van der Waals surface area contributed by atoms with E-state index in [0.717, 1.165) is 34.8 Å². The van der Waals surface area contributed by atoms with Crippen LogP contribution in [-0.2, 0) is 18.6 Å². The van der Waals surface area contributed by atoms with Gasteiger partial charge in [0, 0.05) is 10.4 Å². The minimum absolute atomic E-state index is 0.485. The van der Waals surface area contributed by atoms with Crippen LogP contribution < -0.4 is 0 Å². The summed E-state index contributed by atoms with van der Waals surface area (Å²) in [5, 5.41) is 13.0. The zero-order valence-corrected chi connectivity index (χ0v) is 17.8. The van der Waals surface area contributed by atoms with Gasteiger partial charge in [0.2, 0.25) is 11.7 Å². The average Bonchev–Trinajstić information content (AvgIpc) is 3.45. The molecule has 5 rings (SSSR count). The average molecular weight is 425 g/mol. The van der Waals surface area contributed by atoms with Crippen molar-refractivity contribution in [3.63, 3.8) is 0 Å². The summed E-state index contributed by atoms with van der Waals surface area (Å²) < 4.78 is 11.3. The first kappa shape index (κ1) is 18.6. The van der Waals surface area contributed by atoms with E-state index < -0.39 is 0 Å². The van der Waals surface area contributed by atoms with Crippen LogP contribution in [0, 0.1) is 12.8 Å². The number of thiophene rings is 1. The highest BCUT2D eigenvalue weighted by atomic mass is 32.2. The first-order chi connectivity index (χ1) is 14.2. The summed E-state index contributed by atoms with van der Waals surface area (Å²) in [6, 6.07) is 10.2. The lowest BCUT2D eigenvalue weighted by molar-refractivity contribution is 0.391. The second kappa shape index (κ2) is 7.76. The number of nitrogens with zero attached hydrogens (tertiary/aromatic N) is 4. The Morgan fingerprint density at radius 2 is 2.14 bits per heavy atom. The van der Waals surface area contributed by atoms with Gasteiger partial charge in [-0.05, 0) is 49.3 Å². The molecule has 0 amide bonds. The Morgan fingerprint density at radius 3 is 3.03 bits per heavy atom. The van der Waals surface area contributed by atoms with Gasteiger partial charge in [-0.1, -0.05) is 48.1 Å². The van der Waals surface area contributed by atoms with Gasteiger partial charge >= 0.3 is 0 Å². The number of aryl methyl sites for hydroxylation is 2. The van der Waals surface area contributed by atoms with E-state index in [2.05, 4.69) is 33.3 Å². The van der Waals surface area contributed by atoms with E-state index in [0.29, 0.717) is 28.6 Å². The highest BCUT2D eigenvalue weighted by molar-refractivity contribution is 7.98. The standard InChI is InChI=1S/C21H20N4O2S2/c1-12-7-8-16-14(9-12)10-17(29-16)20-23-24-21(26-20)28-11-18-22-19(25-27-18)15-6-4-3-5-13(15)2/h3-6,10,12H,7-9,11H2,1-2H3. The topological polar surface area (TPSA) is 77.8 Å². The summed E-state index contributed by atoms with van der Waals surface area (Å²) in [6.45, 7) is 4.34. The maximum Gasteiger partial charge on any atom is 0.277 e. The van der Waals surface area contributed by atoms with Crippen molar-refractivity contribution < 1.29 is 8.94 Å². The van der Waals surface area contributed by atoms with Crippen LogP contribution in [0.2, 0.25) is 0 Å². The van der Waals surface area contributed by atoms with E-state index >= 15 is 0 Å². The van der Waals surface area contributed by atoms with Crippen molar-refractivity contribution in [2.45, 2.75) is 44.1 Å². The second-order valence-corrected chi connectivity index (χ2v) is 9.46. The zero-order valence-electron chi connectivity index (χ0n) is 16.2. The largest absolute Gasteiger partial charge is 0.410 e. The lowest BCUT2D eigenvalue weighted by Crippen LogP contribution is -2.07. The molecule has 1 aliphatic carbocycles. The molecule has 0 radical (unpaired) electrons. The molecule has 0 saturated carbocycles. The van der Waals surface area contributed by atoms with Gasteiger partial charge in [-0.2, -0.15) is 4.98 Å². The molecule has 0 N–H and O–H groups in total. The first-order valence-corrected chi connectivity index (χ1v) is 11.4. The molecular weight excluding hydrogens is 404 g/mol. The van der Waals surface area contributed by atoms with Crippen LogP contribution in [0.25, 0.3) is 22.2 Å². The van der Waals surface area contributed by atoms with Crippen molar-refractivity contribution in [2.75, 3.05) is 0 Å². The highest BCUT2D eigenvalue weighted by Gasteiger charge is 2.21. The van der Waals surface area contributed by atoms with Crippen molar-refractivity contribution >= 4 is 23.1 Å². The van der Waals surface area contributed by atoms with Crippen molar-refractivity contribution in [3.8, 4) is 22.2 Å². The molecule has 3 heterocycles. The smallest absolute Gasteiger partial charge is 0.277 e. The summed E-state index contributed by atoms with van der Waals surface area (Å²) in [7, 11) is 0. The summed E-state index contributed by atoms with van der Waals surface area (Å²) >= 11 is 3.18. The molecule has 0 saturated heterocycles. The fourth-order valence-corrected chi connectivity index (χ4v) is 5.28. The number of rotatable bonds is 5. The van der Waals surface area contributed by atoms with E-state index in [9.17, 15) is 0 Å². The summed E-state index contributed by atoms with van der Waals surface area (Å²) in [4.78, 5) is 7.00. The van der Waals surface area contributed by atoms with Crippen LogP contribution in [0.1, 0.15) is 35.2 Å². The molecule has 0 spiro atoms. The fraction of sp³-hybridized carbons (Fsp3) is 0.333. The Hall–Kier alpha value is -2.45. The van der Waals surface area contributed by atoms with E-state index in [1.54, 1.807) is 11.3 Å². The van der Waals surface area contributed by atoms with Crippen LogP contribution in [0.4, 0.5) is 0 Å². The van der Waals surface area contributed by atoms with Crippen LogP contribution >= 0.6 is 23.1 Å². The van der Waals surface area contributed by atoms with Gasteiger partial charge < -0.3 is 8.94 Å². The van der Waals surface area contributed by atoms with E-state index in [-0.39, 0.29) is 0 Å². The third-order valence-corrected chi connectivity index (χ3v) is 7.15. The predicted molar refractivity (Wildman–Crippen MR) is 113 cm³/mol. The molecule has 0 fully saturated rings. The number of thioether (sulfide) groups is 1. The highest BCUT2D eigenvalue weighted by Crippen LogP contribution is 2.37. The Kier molecular flexibility index (Phi) is 4.97. The van der Waals surface area contributed by atoms with E-state index in [1.807, 2.05) is 31.2 Å². The quantitative estimate of drug-likeness (QED) is 0.387. The lowest BCUT2D eigenvalue weighted by Gasteiger charge is -2.16. The predicted octanol–water partition coefficient (Wildman–Crippen LogP) is 5.57. The van der Waals surface area contributed by atoms with Crippen molar-refractivity contribution in [1.29, 1.82) is 0 Å². The molecule has 1 aliphatic rings. The zero-order chi connectivity index (χ0) is 19.8. The third kappa shape index (κ3) is 3.86. The molecule has 1 atom stereocenters. The van der Waals surface area contributed by atoms with Crippen molar-refractivity contribution in [1.82, 2.24) is 20.3 Å². The molecule has 6 nitrogen and oxygen atoms in total. The number of hydrogen-bond donors (Lipinski definition) is 0. The van der Waals surface area contributed by atoms with Gasteiger partial charge in [-0.3, -0.25) is 0 Å². The van der Waals surface area contributed by atoms with Crippen LogP contribution in [0.15, 0.2) is 44.5 Å². The Morgan fingerprint density at radius 1 is 1.24 bits per heavy atom. The Bertz CT molecular complexity index is 1150. The van der Waals surface area contributed by atoms with Gasteiger partial charge in [-0.25, -0.2) is 0 Å². The van der Waals surface area contributed by atoms with Gasteiger partial charge in [-0.15, -0.1) is 21.5 Å². The third-order valence-electron chi connectivity index (χ3n) is 5.12. The molecular formula is C21H20N4O2S2. The molecule has 3 aromatic heterocycles. The fourth-order valence-electron chi connectivity index (χ4n) is 3.55. The maximum atomic E-state index is 5.87. The molecule has 148 valence electrons. The van der Waals surface area contributed by atoms with Crippen LogP contribution in [0.5, 0.6) is 0 Å². The molecule has 0 bridgehead atoms. The number of hydrogen-bond acceptors (Lipinski definition) is 8. The van der Waals surface area contributed by atoms with E-state index in [4.69, 9.17) is 8.94 Å². The minimum atomic E-state index is 0.485. The van der Waals surface area contributed by atoms with Crippen LogP contribution in [-0.4, -0.2) is 20.3 Å².